The van der Waals surface area contributed by atoms with Gasteiger partial charge in [0.25, 0.3) is 5.91 Å². The van der Waals surface area contributed by atoms with E-state index in [1.165, 1.54) is 29.5 Å². The molecule has 252 valence electrons. The van der Waals surface area contributed by atoms with Crippen molar-refractivity contribution in [3.8, 4) is 23.2 Å². The third-order valence-corrected chi connectivity index (χ3v) is 9.14. The highest BCUT2D eigenvalue weighted by Gasteiger charge is 2.34. The van der Waals surface area contributed by atoms with Crippen molar-refractivity contribution in [3.63, 3.8) is 0 Å². The second-order valence-corrected chi connectivity index (χ2v) is 12.4. The topological polar surface area (TPSA) is 159 Å². The number of nitriles is 1. The number of rotatable bonds is 10. The highest BCUT2D eigenvalue weighted by molar-refractivity contribution is 5.92. The summed E-state index contributed by atoms with van der Waals surface area (Å²) in [5.74, 6) is 0.689. The van der Waals surface area contributed by atoms with E-state index >= 15 is 4.39 Å². The number of amides is 1. The molecule has 4 aliphatic rings. The summed E-state index contributed by atoms with van der Waals surface area (Å²) in [6.45, 7) is 7.69. The Hall–Kier alpha value is -4.78. The van der Waals surface area contributed by atoms with E-state index in [0.29, 0.717) is 35.0 Å². The van der Waals surface area contributed by atoms with Gasteiger partial charge < -0.3 is 19.7 Å². The van der Waals surface area contributed by atoms with E-state index in [1.54, 1.807) is 25.1 Å². The SMILES string of the molecule is C/C(=C\N(C)N=N)C(=O)N1CC[C@H](Oc2ccc(-c3ncnc(NC4=CCC(N5CCN(C6COC6)CC5)C=C4)n3)cc2C#N)[C@H](F)C1. The van der Waals surface area contributed by atoms with E-state index in [4.69, 9.17) is 15.0 Å². The summed E-state index contributed by atoms with van der Waals surface area (Å²) in [7, 11) is 1.54. The maximum Gasteiger partial charge on any atom is 0.251 e. The number of alkyl halides is 1. The lowest BCUT2D eigenvalue weighted by atomic mass is 10.0. The molecule has 1 aromatic heterocycles. The van der Waals surface area contributed by atoms with E-state index in [2.05, 4.69) is 59.6 Å². The van der Waals surface area contributed by atoms with E-state index in [9.17, 15) is 10.1 Å². The minimum Gasteiger partial charge on any atom is -0.486 e. The highest BCUT2D eigenvalue weighted by atomic mass is 19.1. The molecule has 0 spiro atoms. The number of nitrogens with one attached hydrogen (secondary N) is 2. The molecular weight excluding hydrogens is 617 g/mol. The first-order valence-corrected chi connectivity index (χ1v) is 16.1. The Morgan fingerprint density at radius 2 is 2.02 bits per heavy atom. The summed E-state index contributed by atoms with van der Waals surface area (Å²) in [6.07, 6.45) is 8.17. The minimum atomic E-state index is -1.45. The van der Waals surface area contributed by atoms with Crippen LogP contribution in [0.1, 0.15) is 25.3 Å². The van der Waals surface area contributed by atoms with E-state index in [1.807, 2.05) is 0 Å². The van der Waals surface area contributed by atoms with Gasteiger partial charge in [0.05, 0.1) is 31.4 Å². The van der Waals surface area contributed by atoms with Gasteiger partial charge in [-0.2, -0.15) is 15.8 Å². The van der Waals surface area contributed by atoms with Crippen LogP contribution in [0, 0.1) is 16.9 Å². The van der Waals surface area contributed by atoms with Crippen molar-refractivity contribution in [3.05, 3.63) is 65.8 Å². The third kappa shape index (κ3) is 7.67. The van der Waals surface area contributed by atoms with Crippen molar-refractivity contribution < 1.29 is 18.7 Å². The lowest BCUT2D eigenvalue weighted by Gasteiger charge is -2.44. The predicted molar refractivity (Wildman–Crippen MR) is 174 cm³/mol. The molecule has 1 amide bonds. The van der Waals surface area contributed by atoms with Gasteiger partial charge in [-0.25, -0.2) is 14.4 Å². The van der Waals surface area contributed by atoms with Crippen molar-refractivity contribution in [1.82, 2.24) is 34.7 Å². The Labute approximate surface area is 279 Å². The molecule has 3 atom stereocenters. The van der Waals surface area contributed by atoms with Gasteiger partial charge in [-0.15, -0.1) is 0 Å². The van der Waals surface area contributed by atoms with E-state index in [-0.39, 0.29) is 36.7 Å². The van der Waals surface area contributed by atoms with Crippen molar-refractivity contribution in [2.75, 3.05) is 64.8 Å². The summed E-state index contributed by atoms with van der Waals surface area (Å²) >= 11 is 0. The van der Waals surface area contributed by atoms with Gasteiger partial charge in [0.1, 0.15) is 24.3 Å². The largest absolute Gasteiger partial charge is 0.486 e. The van der Waals surface area contributed by atoms with Gasteiger partial charge in [-0.05, 0) is 37.6 Å². The number of ether oxygens (including phenoxy) is 2. The molecule has 4 heterocycles. The molecule has 2 N–H and O–H groups in total. The van der Waals surface area contributed by atoms with Gasteiger partial charge in [0.2, 0.25) is 5.95 Å². The second kappa shape index (κ2) is 15.0. The standard InChI is InChI=1S/C33H40FN11O3/c1-22(17-42(2)41-36)32(46)45-10-9-30(28(34)18-45)48-29-8-3-23(15-24(29)16-35)31-37-21-38-33(40-31)39-25-4-6-26(7-5-25)43-11-13-44(14-12-43)27-19-47-20-27/h3-6,8,15,17,21,26-28,30,36H,7,9-14,18-20H2,1-2H3,(H,37,38,39,40)/b22-17+,41-36?/t26?,28-,30+/m1/s1. The number of anilines is 1. The summed E-state index contributed by atoms with van der Waals surface area (Å²) in [5, 5.41) is 17.6. The van der Waals surface area contributed by atoms with Crippen LogP contribution in [0.4, 0.5) is 10.3 Å². The molecule has 48 heavy (non-hydrogen) atoms. The number of carbonyl (C=O) groups is 1. The molecule has 3 saturated heterocycles. The first-order chi connectivity index (χ1) is 23.3. The number of nitrogens with zero attached hydrogens (tertiary/aromatic N) is 9. The molecule has 0 bridgehead atoms. The zero-order valence-corrected chi connectivity index (χ0v) is 27.1. The zero-order valence-electron chi connectivity index (χ0n) is 27.1. The highest BCUT2D eigenvalue weighted by Crippen LogP contribution is 2.29. The lowest BCUT2D eigenvalue weighted by Crippen LogP contribution is -2.57. The number of piperidine rings is 1. The summed E-state index contributed by atoms with van der Waals surface area (Å²) in [5.41, 5.74) is 9.08. The summed E-state index contributed by atoms with van der Waals surface area (Å²) < 4.78 is 26.5. The van der Waals surface area contributed by atoms with Crippen LogP contribution in [0.5, 0.6) is 5.75 Å². The van der Waals surface area contributed by atoms with Crippen LogP contribution in [-0.2, 0) is 9.53 Å². The number of piperazine rings is 1. The second-order valence-electron chi connectivity index (χ2n) is 12.4. The molecular formula is C33H40FN11O3. The summed E-state index contributed by atoms with van der Waals surface area (Å²) in [4.78, 5) is 32.4. The van der Waals surface area contributed by atoms with Crippen LogP contribution in [0.25, 0.3) is 11.4 Å². The molecule has 15 heteroatoms. The maximum absolute atomic E-state index is 15.2. The molecule has 6 rings (SSSR count). The van der Waals surface area contributed by atoms with Crippen LogP contribution in [0.15, 0.2) is 65.4 Å². The van der Waals surface area contributed by atoms with Crippen LogP contribution < -0.4 is 10.1 Å². The Morgan fingerprint density at radius 1 is 1.23 bits per heavy atom. The number of aromatic nitrogens is 3. The number of benzene rings is 1. The molecule has 0 radical (unpaired) electrons. The maximum atomic E-state index is 15.2. The van der Waals surface area contributed by atoms with Crippen LogP contribution in [0.2, 0.25) is 0 Å². The molecule has 14 nitrogen and oxygen atoms in total. The quantitative estimate of drug-likeness (QED) is 0.220. The number of hydrogen-bond donors (Lipinski definition) is 2. The molecule has 2 aromatic rings. The molecule has 1 unspecified atom stereocenters. The monoisotopic (exact) mass is 657 g/mol. The van der Waals surface area contributed by atoms with Gasteiger partial charge in [0.15, 0.2) is 12.0 Å². The number of likely N-dealkylation sites (tertiary alicyclic amines) is 1. The number of carbonyl (C=O) groups excluding carboxylic acids is 1. The average molecular weight is 658 g/mol. The minimum absolute atomic E-state index is 0.142. The fourth-order valence-corrected chi connectivity index (χ4v) is 6.30. The first-order valence-electron chi connectivity index (χ1n) is 16.1. The average Bonchev–Trinajstić information content (AvgIpc) is 3.09. The van der Waals surface area contributed by atoms with Gasteiger partial charge in [-0.1, -0.05) is 17.4 Å². The Morgan fingerprint density at radius 3 is 2.69 bits per heavy atom. The molecule has 3 fully saturated rings. The lowest BCUT2D eigenvalue weighted by molar-refractivity contribution is -0.131. The number of allylic oxidation sites excluding steroid dienone is 1. The fourth-order valence-electron chi connectivity index (χ4n) is 6.30. The van der Waals surface area contributed by atoms with Gasteiger partial charge >= 0.3 is 0 Å². The van der Waals surface area contributed by atoms with Crippen molar-refractivity contribution in [1.29, 1.82) is 10.8 Å². The van der Waals surface area contributed by atoms with Crippen LogP contribution >= 0.6 is 0 Å². The number of halogens is 1. The molecule has 3 aliphatic heterocycles. The van der Waals surface area contributed by atoms with E-state index in [0.717, 1.165) is 51.5 Å². The third-order valence-electron chi connectivity index (χ3n) is 9.14. The first kappa shape index (κ1) is 33.1. The van der Waals surface area contributed by atoms with Gasteiger partial charge in [-0.3, -0.25) is 19.6 Å². The predicted octanol–water partition coefficient (Wildman–Crippen LogP) is 3.15. The van der Waals surface area contributed by atoms with E-state index < -0.39 is 12.3 Å². The Balaban J connectivity index is 1.03. The zero-order chi connectivity index (χ0) is 33.6. The number of hydrogen-bond acceptors (Lipinski definition) is 12. The van der Waals surface area contributed by atoms with Crippen molar-refractivity contribution in [2.24, 2.45) is 5.22 Å². The molecule has 1 aromatic carbocycles. The Kier molecular flexibility index (Phi) is 10.3. The van der Waals surface area contributed by atoms with Crippen LogP contribution in [-0.4, -0.2) is 124 Å². The molecule has 0 saturated carbocycles. The smallest absolute Gasteiger partial charge is 0.251 e. The van der Waals surface area contributed by atoms with Crippen LogP contribution in [0.3, 0.4) is 0 Å². The van der Waals surface area contributed by atoms with Crippen molar-refractivity contribution in [2.45, 2.75) is 44.1 Å². The molecule has 1 aliphatic carbocycles. The normalized spacial score (nSPS) is 23.9. The summed E-state index contributed by atoms with van der Waals surface area (Å²) in [6, 6.07) is 8.05. The fraction of sp³-hybridized carbons (Fsp3) is 0.485. The van der Waals surface area contributed by atoms with Crippen molar-refractivity contribution >= 4 is 11.9 Å². The Bertz CT molecular complexity index is 1630. The van der Waals surface area contributed by atoms with Gasteiger partial charge in [0, 0.05) is 75.3 Å².